The number of nitrogens with one attached hydrogen (secondary N) is 1. The molecule has 0 aliphatic heterocycles. The number of halogens is 1. The minimum absolute atomic E-state index is 0.0773. The van der Waals surface area contributed by atoms with Crippen molar-refractivity contribution in [1.29, 1.82) is 0 Å². The summed E-state index contributed by atoms with van der Waals surface area (Å²) in [5.74, 6) is -0.447. The molecule has 1 atom stereocenters. The van der Waals surface area contributed by atoms with Crippen molar-refractivity contribution in [3.05, 3.63) is 29.3 Å². The van der Waals surface area contributed by atoms with Gasteiger partial charge in [0.15, 0.2) is 9.84 Å². The van der Waals surface area contributed by atoms with E-state index in [2.05, 4.69) is 5.32 Å². The lowest BCUT2D eigenvalue weighted by Gasteiger charge is -2.13. The highest BCUT2D eigenvalue weighted by molar-refractivity contribution is 7.92. The van der Waals surface area contributed by atoms with Crippen LogP contribution in [-0.2, 0) is 14.6 Å². The third-order valence-corrected chi connectivity index (χ3v) is 5.17. The maximum Gasteiger partial charge on any atom is 0.238 e. The van der Waals surface area contributed by atoms with Crippen molar-refractivity contribution in [1.82, 2.24) is 5.32 Å². The van der Waals surface area contributed by atoms with Crippen LogP contribution in [0, 0.1) is 0 Å². The lowest BCUT2D eigenvalue weighted by atomic mass is 10.4. The summed E-state index contributed by atoms with van der Waals surface area (Å²) in [4.78, 5) is 11.9. The van der Waals surface area contributed by atoms with Gasteiger partial charge in [-0.15, -0.1) is 0 Å². The summed E-state index contributed by atoms with van der Waals surface area (Å²) < 4.78 is 24.4. The molecule has 1 amide bonds. The summed E-state index contributed by atoms with van der Waals surface area (Å²) in [7, 11) is -3.68. The lowest BCUT2D eigenvalue weighted by Crippen LogP contribution is -2.39. The van der Waals surface area contributed by atoms with Crippen LogP contribution in [0.25, 0.3) is 0 Å². The summed E-state index contributed by atoms with van der Waals surface area (Å²) >= 11 is 5.76. The normalized spacial score (nSPS) is 17.2. The van der Waals surface area contributed by atoms with Gasteiger partial charge in [0.25, 0.3) is 0 Å². The first kappa shape index (κ1) is 13.4. The van der Waals surface area contributed by atoms with Crippen molar-refractivity contribution >= 4 is 27.3 Å². The van der Waals surface area contributed by atoms with Gasteiger partial charge in [-0.05, 0) is 38.0 Å². The van der Waals surface area contributed by atoms with E-state index in [9.17, 15) is 13.2 Å². The van der Waals surface area contributed by atoms with Crippen LogP contribution in [0.2, 0.25) is 5.02 Å². The molecule has 6 heteroatoms. The molecule has 0 heterocycles. The number of amides is 1. The van der Waals surface area contributed by atoms with Crippen LogP contribution in [-0.4, -0.2) is 25.6 Å². The van der Waals surface area contributed by atoms with E-state index in [0.29, 0.717) is 5.02 Å². The van der Waals surface area contributed by atoms with Gasteiger partial charge in [0.2, 0.25) is 5.91 Å². The summed E-state index contributed by atoms with van der Waals surface area (Å²) in [6.07, 6.45) is 1.85. The Balaban J connectivity index is 2.21. The van der Waals surface area contributed by atoms with E-state index >= 15 is 0 Å². The Kier molecular flexibility index (Phi) is 3.64. The molecule has 98 valence electrons. The summed E-state index contributed by atoms with van der Waals surface area (Å²) in [6, 6.07) is 6.10. The van der Waals surface area contributed by atoms with Gasteiger partial charge in [0.1, 0.15) is 5.25 Å². The first-order chi connectivity index (χ1) is 8.41. The molecule has 18 heavy (non-hydrogen) atoms. The molecule has 1 unspecified atom stereocenters. The van der Waals surface area contributed by atoms with Crippen LogP contribution in [0.15, 0.2) is 29.2 Å². The second-order valence-corrected chi connectivity index (χ2v) is 7.13. The molecular weight excluding hydrogens is 274 g/mol. The van der Waals surface area contributed by atoms with Crippen molar-refractivity contribution < 1.29 is 13.2 Å². The molecule has 0 bridgehead atoms. The largest absolute Gasteiger partial charge is 0.352 e. The highest BCUT2D eigenvalue weighted by atomic mass is 35.5. The van der Waals surface area contributed by atoms with Gasteiger partial charge in [-0.2, -0.15) is 0 Å². The second-order valence-electron chi connectivity index (χ2n) is 4.43. The summed E-state index contributed by atoms with van der Waals surface area (Å²) in [6.45, 7) is 1.40. The van der Waals surface area contributed by atoms with Crippen molar-refractivity contribution in [2.45, 2.75) is 36.0 Å². The van der Waals surface area contributed by atoms with Crippen LogP contribution in [0.4, 0.5) is 0 Å². The number of carbonyl (C=O) groups excluding carboxylic acids is 1. The minimum Gasteiger partial charge on any atom is -0.352 e. The number of hydrogen-bond acceptors (Lipinski definition) is 3. The fourth-order valence-electron chi connectivity index (χ4n) is 1.54. The van der Waals surface area contributed by atoms with Gasteiger partial charge in [0, 0.05) is 11.1 Å². The zero-order chi connectivity index (χ0) is 13.3. The third kappa shape index (κ3) is 2.84. The zero-order valence-corrected chi connectivity index (χ0v) is 11.5. The highest BCUT2D eigenvalue weighted by Gasteiger charge is 2.33. The first-order valence-electron chi connectivity index (χ1n) is 5.71. The third-order valence-electron chi connectivity index (χ3n) is 2.88. The Morgan fingerprint density at radius 1 is 1.44 bits per heavy atom. The molecule has 1 aliphatic rings. The van der Waals surface area contributed by atoms with E-state index in [1.165, 1.54) is 19.1 Å². The smallest absolute Gasteiger partial charge is 0.238 e. The highest BCUT2D eigenvalue weighted by Crippen LogP contribution is 2.22. The van der Waals surface area contributed by atoms with E-state index in [1.54, 1.807) is 12.1 Å². The van der Waals surface area contributed by atoms with Crippen LogP contribution >= 0.6 is 11.6 Å². The van der Waals surface area contributed by atoms with Crippen LogP contribution < -0.4 is 5.32 Å². The van der Waals surface area contributed by atoms with Gasteiger partial charge < -0.3 is 5.32 Å². The molecule has 0 aromatic heterocycles. The molecule has 1 N–H and O–H groups in total. The van der Waals surface area contributed by atoms with Crippen molar-refractivity contribution in [3.8, 4) is 0 Å². The van der Waals surface area contributed by atoms with Crippen molar-refractivity contribution in [2.24, 2.45) is 0 Å². The molecule has 1 saturated carbocycles. The predicted molar refractivity (Wildman–Crippen MR) is 69.3 cm³/mol. The Hall–Kier alpha value is -1.07. The molecule has 1 aliphatic carbocycles. The lowest BCUT2D eigenvalue weighted by molar-refractivity contribution is -0.120. The maximum atomic E-state index is 12.2. The Labute approximate surface area is 111 Å². The molecule has 0 saturated heterocycles. The van der Waals surface area contributed by atoms with E-state index in [1.807, 2.05) is 0 Å². The van der Waals surface area contributed by atoms with Crippen LogP contribution in [0.1, 0.15) is 19.8 Å². The average Bonchev–Trinajstić information content (AvgIpc) is 3.11. The molecule has 2 rings (SSSR count). The first-order valence-corrected chi connectivity index (χ1v) is 7.63. The predicted octanol–water partition coefficient (Wildman–Crippen LogP) is 1.78. The number of benzene rings is 1. The monoisotopic (exact) mass is 287 g/mol. The second kappa shape index (κ2) is 4.90. The molecular formula is C12H14ClNO3S. The number of carbonyl (C=O) groups is 1. The fourth-order valence-corrected chi connectivity index (χ4v) is 3.11. The molecule has 1 aromatic carbocycles. The van der Waals surface area contributed by atoms with Gasteiger partial charge in [0.05, 0.1) is 4.90 Å². The zero-order valence-electron chi connectivity index (χ0n) is 9.89. The topological polar surface area (TPSA) is 63.2 Å². The molecule has 1 aromatic rings. The summed E-state index contributed by atoms with van der Waals surface area (Å²) in [5.41, 5.74) is 0. The van der Waals surface area contributed by atoms with Crippen LogP contribution in [0.3, 0.4) is 0 Å². The minimum atomic E-state index is -3.68. The van der Waals surface area contributed by atoms with E-state index in [4.69, 9.17) is 11.6 Å². The molecule has 0 radical (unpaired) electrons. The van der Waals surface area contributed by atoms with E-state index < -0.39 is 21.0 Å². The molecule has 1 fully saturated rings. The van der Waals surface area contributed by atoms with Crippen molar-refractivity contribution in [3.63, 3.8) is 0 Å². The van der Waals surface area contributed by atoms with Crippen molar-refractivity contribution in [2.75, 3.05) is 0 Å². The summed E-state index contributed by atoms with van der Waals surface area (Å²) in [5, 5.41) is 1.93. The Morgan fingerprint density at radius 3 is 2.67 bits per heavy atom. The van der Waals surface area contributed by atoms with Gasteiger partial charge in [-0.3, -0.25) is 4.79 Å². The van der Waals surface area contributed by atoms with E-state index in [-0.39, 0.29) is 10.9 Å². The van der Waals surface area contributed by atoms with Gasteiger partial charge >= 0.3 is 0 Å². The Bertz CT molecular complexity index is 566. The fraction of sp³-hybridized carbons (Fsp3) is 0.417. The number of hydrogen-bond donors (Lipinski definition) is 1. The average molecular weight is 288 g/mol. The SMILES string of the molecule is CC(C(=O)NC1CC1)S(=O)(=O)c1cccc(Cl)c1. The maximum absolute atomic E-state index is 12.2. The standard InChI is InChI=1S/C12H14ClNO3S/c1-8(12(15)14-10-5-6-10)18(16,17)11-4-2-3-9(13)7-11/h2-4,7-8,10H,5-6H2,1H3,(H,14,15). The number of sulfone groups is 1. The van der Waals surface area contributed by atoms with Crippen LogP contribution in [0.5, 0.6) is 0 Å². The molecule has 0 spiro atoms. The van der Waals surface area contributed by atoms with Gasteiger partial charge in [-0.25, -0.2) is 8.42 Å². The Morgan fingerprint density at radius 2 is 2.11 bits per heavy atom. The quantitative estimate of drug-likeness (QED) is 0.918. The van der Waals surface area contributed by atoms with Gasteiger partial charge in [-0.1, -0.05) is 17.7 Å². The van der Waals surface area contributed by atoms with E-state index in [0.717, 1.165) is 12.8 Å². The molecule has 4 nitrogen and oxygen atoms in total. The number of rotatable bonds is 4.